The second-order valence-corrected chi connectivity index (χ2v) is 8.50. The maximum Gasteiger partial charge on any atom is 0.0707 e. The van der Waals surface area contributed by atoms with E-state index in [2.05, 4.69) is 23.5 Å². The van der Waals surface area contributed by atoms with E-state index in [9.17, 15) is 0 Å². The van der Waals surface area contributed by atoms with Gasteiger partial charge in [-0.3, -0.25) is 15.0 Å². The summed E-state index contributed by atoms with van der Waals surface area (Å²) in [7, 11) is 6.00. The number of rotatable bonds is 0. The second kappa shape index (κ2) is 7.93. The topological polar surface area (TPSA) is 52.4 Å². The summed E-state index contributed by atoms with van der Waals surface area (Å²) in [4.78, 5) is 16.6. The van der Waals surface area contributed by atoms with Crippen LogP contribution in [0.25, 0.3) is 0 Å². The van der Waals surface area contributed by atoms with Gasteiger partial charge in [0.05, 0.1) is 6.04 Å². The predicted octanol–water partition coefficient (Wildman–Crippen LogP) is 3.65. The molecule has 1 saturated heterocycles. The van der Waals surface area contributed by atoms with Crippen LogP contribution < -0.4 is 5.32 Å². The first kappa shape index (κ1) is 18.4. The maximum atomic E-state index is 4.98. The van der Waals surface area contributed by atoms with Crippen molar-refractivity contribution in [3.63, 3.8) is 0 Å². The minimum Gasteiger partial charge on any atom is -0.383 e. The lowest BCUT2D eigenvalue weighted by Crippen LogP contribution is -2.31. The van der Waals surface area contributed by atoms with Gasteiger partial charge in [0.25, 0.3) is 0 Å². The van der Waals surface area contributed by atoms with E-state index < -0.39 is 0 Å². The molecule has 0 amide bonds. The predicted molar refractivity (Wildman–Crippen MR) is 114 cm³/mol. The summed E-state index contributed by atoms with van der Waals surface area (Å²) in [5, 5.41) is 3.71. The molecule has 2 atom stereocenters. The Hall–Kier alpha value is -2.01. The highest BCUT2D eigenvalue weighted by molar-refractivity contribution is 6.03. The van der Waals surface area contributed by atoms with E-state index in [-0.39, 0.29) is 0 Å². The molecule has 2 unspecified atom stereocenters. The minimum absolute atomic E-state index is 0.432. The molecule has 144 valence electrons. The van der Waals surface area contributed by atoms with Crippen LogP contribution in [0.3, 0.4) is 0 Å². The molecule has 5 heteroatoms. The monoisotopic (exact) mass is 365 g/mol. The summed E-state index contributed by atoms with van der Waals surface area (Å²) in [6, 6.07) is 0.934. The molecule has 0 aromatic heterocycles. The molecule has 27 heavy (non-hydrogen) atoms. The summed E-state index contributed by atoms with van der Waals surface area (Å²) in [5.41, 5.74) is 7.41. The molecule has 1 fully saturated rings. The van der Waals surface area contributed by atoms with Gasteiger partial charge < -0.3 is 10.2 Å². The second-order valence-electron chi connectivity index (χ2n) is 8.50. The number of hydrogen-bond donors (Lipinski definition) is 1. The third kappa shape index (κ3) is 4.64. The van der Waals surface area contributed by atoms with Crippen molar-refractivity contribution in [2.45, 2.75) is 63.5 Å². The number of hydrogen-bond acceptors (Lipinski definition) is 5. The summed E-state index contributed by atoms with van der Waals surface area (Å²) in [5.74, 6) is 0. The normalized spacial score (nSPS) is 28.6. The van der Waals surface area contributed by atoms with Crippen molar-refractivity contribution in [1.82, 2.24) is 10.2 Å². The molecular formula is C22H31N5. The van der Waals surface area contributed by atoms with E-state index >= 15 is 0 Å². The van der Waals surface area contributed by atoms with Crippen molar-refractivity contribution in [3.05, 3.63) is 35.3 Å². The Balaban J connectivity index is 0.000000413. The van der Waals surface area contributed by atoms with E-state index in [0.29, 0.717) is 12.1 Å². The minimum atomic E-state index is 0.432. The zero-order chi connectivity index (χ0) is 18.8. The molecular weight excluding hydrogens is 334 g/mol. The lowest BCUT2D eigenvalue weighted by molar-refractivity contribution is 0.492. The zero-order valence-corrected chi connectivity index (χ0v) is 16.8. The van der Waals surface area contributed by atoms with Crippen molar-refractivity contribution in [3.8, 4) is 0 Å². The maximum absolute atomic E-state index is 4.98. The van der Waals surface area contributed by atoms with Crippen LogP contribution in [-0.4, -0.2) is 55.3 Å². The average molecular weight is 366 g/mol. The molecule has 5 nitrogen and oxygen atoms in total. The molecule has 5 aliphatic rings. The van der Waals surface area contributed by atoms with Crippen LogP contribution in [0, 0.1) is 0 Å². The van der Waals surface area contributed by atoms with Gasteiger partial charge in [0.15, 0.2) is 0 Å². The zero-order valence-electron chi connectivity index (χ0n) is 16.8. The number of allylic oxidation sites excluding steroid dienone is 6. The van der Waals surface area contributed by atoms with Gasteiger partial charge in [-0.1, -0.05) is 0 Å². The number of aliphatic imine (C=N–C) groups is 3. The third-order valence-electron chi connectivity index (χ3n) is 5.44. The lowest BCUT2D eigenvalue weighted by Gasteiger charge is -2.16. The first-order chi connectivity index (χ1) is 13.0. The van der Waals surface area contributed by atoms with Crippen molar-refractivity contribution >= 4 is 17.1 Å². The van der Waals surface area contributed by atoms with Gasteiger partial charge in [-0.15, -0.1) is 0 Å². The quantitative estimate of drug-likeness (QED) is 0.712. The van der Waals surface area contributed by atoms with Gasteiger partial charge in [-0.05, 0) is 90.7 Å². The van der Waals surface area contributed by atoms with Crippen LogP contribution in [0.4, 0.5) is 0 Å². The number of fused-ring (bicyclic) bond motifs is 6. The van der Waals surface area contributed by atoms with Gasteiger partial charge in [0, 0.05) is 40.3 Å². The average Bonchev–Trinajstić information content (AvgIpc) is 3.36. The third-order valence-corrected chi connectivity index (χ3v) is 5.44. The molecule has 0 spiro atoms. The molecule has 0 aliphatic carbocycles. The molecule has 5 rings (SSSR count). The van der Waals surface area contributed by atoms with E-state index in [1.54, 1.807) is 0 Å². The number of nitrogens with zero attached hydrogens (tertiary/aromatic N) is 4. The largest absolute Gasteiger partial charge is 0.383 e. The fourth-order valence-electron chi connectivity index (χ4n) is 4.24. The van der Waals surface area contributed by atoms with Crippen molar-refractivity contribution in [1.29, 1.82) is 0 Å². The van der Waals surface area contributed by atoms with Crippen LogP contribution in [0.15, 0.2) is 50.3 Å². The first-order valence-electron chi connectivity index (χ1n) is 10.3. The molecule has 0 aromatic carbocycles. The van der Waals surface area contributed by atoms with Gasteiger partial charge >= 0.3 is 0 Å². The first-order valence-corrected chi connectivity index (χ1v) is 10.3. The van der Waals surface area contributed by atoms with Gasteiger partial charge in [-0.2, -0.15) is 0 Å². The standard InChI is InChI=1S/C19H22N4.C3H9N/c1-3-14-10-16-5-7-18(22-16)19-8-6-17(23-19)11-15-4-2-13(21-15)9-12(1)20-14;1-4(2)3/h9-11,18-19,22H,1-8H2;1-3H3. The number of nitrogens with one attached hydrogen (secondary N) is 1. The summed E-state index contributed by atoms with van der Waals surface area (Å²) in [6.07, 6.45) is 15.5. The molecule has 8 bridgehead atoms. The van der Waals surface area contributed by atoms with Gasteiger partial charge in [-0.25, -0.2) is 0 Å². The molecule has 0 radical (unpaired) electrons. The van der Waals surface area contributed by atoms with Crippen LogP contribution in [0.5, 0.6) is 0 Å². The summed E-state index contributed by atoms with van der Waals surface area (Å²) in [6.45, 7) is 0. The summed E-state index contributed by atoms with van der Waals surface area (Å²) < 4.78 is 0. The van der Waals surface area contributed by atoms with Crippen LogP contribution in [-0.2, 0) is 0 Å². The SMILES string of the molecule is C1=C2CCC(=N2)C=C2CCC(N2)C2CCC(=N2)C=C2CCC1=N2.CN(C)C. The van der Waals surface area contributed by atoms with Gasteiger partial charge in [0.1, 0.15) is 0 Å². The fraction of sp³-hybridized carbons (Fsp3) is 0.591. The Bertz CT molecular complexity index is 776. The van der Waals surface area contributed by atoms with Crippen molar-refractivity contribution in [2.24, 2.45) is 15.0 Å². The van der Waals surface area contributed by atoms with E-state index in [1.165, 1.54) is 47.1 Å². The fourth-order valence-corrected chi connectivity index (χ4v) is 4.24. The highest BCUT2D eigenvalue weighted by Crippen LogP contribution is 2.29. The lowest BCUT2D eigenvalue weighted by atomic mass is 10.0. The van der Waals surface area contributed by atoms with Crippen LogP contribution in [0.2, 0.25) is 0 Å². The Morgan fingerprint density at radius 1 is 0.778 bits per heavy atom. The highest BCUT2D eigenvalue weighted by atomic mass is 15.0. The Morgan fingerprint density at radius 2 is 1.41 bits per heavy atom. The van der Waals surface area contributed by atoms with E-state index in [1.807, 2.05) is 26.0 Å². The Kier molecular flexibility index (Phi) is 5.39. The molecule has 5 heterocycles. The van der Waals surface area contributed by atoms with E-state index in [4.69, 9.17) is 15.0 Å². The smallest absolute Gasteiger partial charge is 0.0707 e. The van der Waals surface area contributed by atoms with Crippen LogP contribution in [0.1, 0.15) is 51.4 Å². The molecule has 1 N–H and O–H groups in total. The Labute approximate surface area is 162 Å². The Morgan fingerprint density at radius 3 is 2.11 bits per heavy atom. The van der Waals surface area contributed by atoms with Gasteiger partial charge in [0.2, 0.25) is 0 Å². The highest BCUT2D eigenvalue weighted by Gasteiger charge is 2.30. The summed E-state index contributed by atoms with van der Waals surface area (Å²) >= 11 is 0. The van der Waals surface area contributed by atoms with Crippen molar-refractivity contribution < 1.29 is 0 Å². The van der Waals surface area contributed by atoms with Crippen LogP contribution >= 0.6 is 0 Å². The van der Waals surface area contributed by atoms with Crippen molar-refractivity contribution in [2.75, 3.05) is 21.1 Å². The molecule has 5 aliphatic heterocycles. The molecule has 0 aromatic rings. The molecule has 0 saturated carbocycles. The van der Waals surface area contributed by atoms with E-state index in [0.717, 1.165) is 38.5 Å².